The van der Waals surface area contributed by atoms with Gasteiger partial charge in [0.1, 0.15) is 16.1 Å². The molecule has 0 fully saturated rings. The molecule has 0 aliphatic heterocycles. The lowest BCUT2D eigenvalue weighted by Crippen LogP contribution is -2.17. The zero-order valence-electron chi connectivity index (χ0n) is 12.9. The van der Waals surface area contributed by atoms with E-state index in [-0.39, 0.29) is 0 Å². The molecule has 0 unspecified atom stereocenters. The van der Waals surface area contributed by atoms with Gasteiger partial charge in [0.25, 0.3) is 0 Å². The van der Waals surface area contributed by atoms with E-state index in [1.54, 1.807) is 0 Å². The largest absolute Gasteiger partial charge is 0.132 e. The molecule has 0 aliphatic rings. The van der Waals surface area contributed by atoms with Gasteiger partial charge in [0.2, 0.25) is 0 Å². The first-order chi connectivity index (χ1) is 7.49. The lowest BCUT2D eigenvalue weighted by Gasteiger charge is -2.10. The predicted molar refractivity (Wildman–Crippen MR) is 85.2 cm³/mol. The molecule has 2 atom stereocenters. The van der Waals surface area contributed by atoms with E-state index < -0.39 is 16.1 Å². The molecule has 0 saturated carbocycles. The molecule has 0 saturated heterocycles. The van der Waals surface area contributed by atoms with Gasteiger partial charge in [0, 0.05) is 11.8 Å². The van der Waals surface area contributed by atoms with Crippen molar-refractivity contribution in [2.45, 2.75) is 59.6 Å². The molecule has 0 amide bonds. The van der Waals surface area contributed by atoms with Crippen LogP contribution in [0.2, 0.25) is 39.3 Å². The van der Waals surface area contributed by atoms with Crippen molar-refractivity contribution in [2.75, 3.05) is 0 Å². The summed E-state index contributed by atoms with van der Waals surface area (Å²) in [5, 5.41) is 0. The van der Waals surface area contributed by atoms with Gasteiger partial charge < -0.3 is 0 Å². The quantitative estimate of drug-likeness (QED) is 0.512. The zero-order chi connectivity index (χ0) is 13.7. The van der Waals surface area contributed by atoms with Gasteiger partial charge >= 0.3 is 0 Å². The molecule has 0 aliphatic carbocycles. The fraction of sp³-hybridized carbons (Fsp3) is 0.733. The molecule has 96 valence electrons. The Morgan fingerprint density at radius 1 is 0.706 bits per heavy atom. The first kappa shape index (κ1) is 16.6. The SMILES string of the molecule is C[C@H](C#C[Si](C)(C)C)C[C@H](C)C#C[Si](C)(C)C. The van der Waals surface area contributed by atoms with E-state index in [1.165, 1.54) is 0 Å². The van der Waals surface area contributed by atoms with Gasteiger partial charge in [0.15, 0.2) is 0 Å². The summed E-state index contributed by atoms with van der Waals surface area (Å²) in [7, 11) is -2.42. The summed E-state index contributed by atoms with van der Waals surface area (Å²) in [5.74, 6) is 7.77. The second kappa shape index (κ2) is 6.48. The maximum absolute atomic E-state index is 3.45. The second-order valence-corrected chi connectivity index (χ2v) is 16.6. The minimum atomic E-state index is -1.21. The van der Waals surface area contributed by atoms with E-state index >= 15 is 0 Å². The van der Waals surface area contributed by atoms with Gasteiger partial charge in [-0.2, -0.15) is 0 Å². The van der Waals surface area contributed by atoms with Crippen LogP contribution in [0.25, 0.3) is 0 Å². The van der Waals surface area contributed by atoms with Gasteiger partial charge in [-0.1, -0.05) is 53.1 Å². The normalized spacial score (nSPS) is 15.1. The Hall–Kier alpha value is -0.446. The van der Waals surface area contributed by atoms with E-state index in [0.29, 0.717) is 11.8 Å². The van der Waals surface area contributed by atoms with Crippen molar-refractivity contribution in [1.82, 2.24) is 0 Å². The number of hydrogen-bond donors (Lipinski definition) is 0. The van der Waals surface area contributed by atoms with Crippen molar-refractivity contribution in [3.05, 3.63) is 0 Å². The Kier molecular flexibility index (Phi) is 6.31. The van der Waals surface area contributed by atoms with Crippen LogP contribution >= 0.6 is 0 Å². The summed E-state index contributed by atoms with van der Waals surface area (Å²) >= 11 is 0. The van der Waals surface area contributed by atoms with Crippen LogP contribution in [0.3, 0.4) is 0 Å². The average Bonchev–Trinajstić information content (AvgIpc) is 2.09. The molecular formula is C15H28Si2. The molecule has 0 heterocycles. The molecule has 0 rings (SSSR count). The minimum Gasteiger partial charge on any atom is -0.132 e. The Balaban J connectivity index is 4.34. The van der Waals surface area contributed by atoms with Crippen molar-refractivity contribution in [3.63, 3.8) is 0 Å². The van der Waals surface area contributed by atoms with Gasteiger partial charge in [-0.15, -0.1) is 22.9 Å². The van der Waals surface area contributed by atoms with Crippen LogP contribution in [0.5, 0.6) is 0 Å². The summed E-state index contributed by atoms with van der Waals surface area (Å²) in [6.07, 6.45) is 1.11. The monoisotopic (exact) mass is 264 g/mol. The fourth-order valence-electron chi connectivity index (χ4n) is 1.33. The van der Waals surface area contributed by atoms with E-state index in [2.05, 4.69) is 76.1 Å². The topological polar surface area (TPSA) is 0 Å². The third kappa shape index (κ3) is 11.8. The molecule has 0 spiro atoms. The Bertz CT molecular complexity index is 311. The smallest absolute Gasteiger partial charge is 0.129 e. The van der Waals surface area contributed by atoms with Crippen LogP contribution < -0.4 is 0 Å². The van der Waals surface area contributed by atoms with Crippen molar-refractivity contribution in [2.24, 2.45) is 11.8 Å². The lowest BCUT2D eigenvalue weighted by atomic mass is 9.99. The third-order valence-electron chi connectivity index (χ3n) is 2.09. The maximum atomic E-state index is 3.45. The van der Waals surface area contributed by atoms with Crippen molar-refractivity contribution >= 4 is 16.1 Å². The summed E-state index contributed by atoms with van der Waals surface area (Å²) in [4.78, 5) is 0. The highest BCUT2D eigenvalue weighted by molar-refractivity contribution is 6.84. The highest BCUT2D eigenvalue weighted by atomic mass is 28.3. The standard InChI is InChI=1S/C15H28Si2/c1-14(9-11-16(3,4)5)13-15(2)10-12-17(6,7)8/h14-15H,13H2,1-8H3/t14-,15-/m1/s1. The highest BCUT2D eigenvalue weighted by Gasteiger charge is 2.11. The van der Waals surface area contributed by atoms with E-state index in [9.17, 15) is 0 Å². The Morgan fingerprint density at radius 3 is 1.24 bits per heavy atom. The van der Waals surface area contributed by atoms with Crippen LogP contribution in [0.4, 0.5) is 0 Å². The van der Waals surface area contributed by atoms with Gasteiger partial charge in [-0.05, 0) is 6.42 Å². The average molecular weight is 265 g/mol. The number of hydrogen-bond acceptors (Lipinski definition) is 0. The minimum absolute atomic E-state index is 0.479. The summed E-state index contributed by atoms with van der Waals surface area (Å²) < 4.78 is 0. The van der Waals surface area contributed by atoms with Crippen LogP contribution in [0, 0.1) is 34.8 Å². The molecular weight excluding hydrogens is 236 g/mol. The van der Waals surface area contributed by atoms with Crippen LogP contribution in [-0.2, 0) is 0 Å². The summed E-state index contributed by atoms with van der Waals surface area (Å²) in [6.45, 7) is 18.2. The van der Waals surface area contributed by atoms with E-state index in [0.717, 1.165) is 6.42 Å². The molecule has 2 heteroatoms. The molecule has 0 aromatic heterocycles. The van der Waals surface area contributed by atoms with E-state index in [1.807, 2.05) is 0 Å². The van der Waals surface area contributed by atoms with Crippen molar-refractivity contribution < 1.29 is 0 Å². The first-order valence-corrected chi connectivity index (χ1v) is 13.5. The van der Waals surface area contributed by atoms with Crippen LogP contribution in [0.1, 0.15) is 20.3 Å². The molecule has 0 N–H and O–H groups in total. The van der Waals surface area contributed by atoms with Gasteiger partial charge in [-0.3, -0.25) is 0 Å². The highest BCUT2D eigenvalue weighted by Crippen LogP contribution is 2.11. The first-order valence-electron chi connectivity index (χ1n) is 6.55. The third-order valence-corrected chi connectivity index (χ3v) is 3.88. The molecule has 0 bridgehead atoms. The Morgan fingerprint density at radius 2 is 1.00 bits per heavy atom. The fourth-order valence-corrected chi connectivity index (χ4v) is 2.69. The summed E-state index contributed by atoms with van der Waals surface area (Å²) in [6, 6.07) is 0. The predicted octanol–water partition coefficient (Wildman–Crippen LogP) is 4.41. The molecule has 0 radical (unpaired) electrons. The summed E-state index contributed by atoms with van der Waals surface area (Å²) in [5.41, 5.74) is 6.90. The van der Waals surface area contributed by atoms with Crippen molar-refractivity contribution in [1.29, 1.82) is 0 Å². The second-order valence-electron chi connectivity index (χ2n) is 7.08. The van der Waals surface area contributed by atoms with E-state index in [4.69, 9.17) is 0 Å². The molecule has 0 aromatic carbocycles. The van der Waals surface area contributed by atoms with Gasteiger partial charge in [0.05, 0.1) is 0 Å². The molecule has 0 aromatic rings. The lowest BCUT2D eigenvalue weighted by molar-refractivity contribution is 0.571. The molecule has 0 nitrogen and oxygen atoms in total. The maximum Gasteiger partial charge on any atom is 0.129 e. The Labute approximate surface area is 111 Å². The van der Waals surface area contributed by atoms with Crippen LogP contribution in [-0.4, -0.2) is 16.1 Å². The van der Waals surface area contributed by atoms with Crippen LogP contribution in [0.15, 0.2) is 0 Å². The number of rotatable bonds is 2. The van der Waals surface area contributed by atoms with Gasteiger partial charge in [-0.25, -0.2) is 0 Å². The molecule has 17 heavy (non-hydrogen) atoms. The zero-order valence-corrected chi connectivity index (χ0v) is 14.9. The van der Waals surface area contributed by atoms with Crippen molar-refractivity contribution in [3.8, 4) is 22.9 Å².